The first-order valence-corrected chi connectivity index (χ1v) is 10.2. The number of nitrogens with one attached hydrogen (secondary N) is 2. The lowest BCUT2D eigenvalue weighted by molar-refractivity contribution is -0.137. The lowest BCUT2D eigenvalue weighted by atomic mass is 10.2. The molecule has 0 aliphatic heterocycles. The van der Waals surface area contributed by atoms with Gasteiger partial charge >= 0.3 is 5.97 Å². The molecule has 2 unspecified atom stereocenters. The van der Waals surface area contributed by atoms with Gasteiger partial charge < -0.3 is 10.4 Å². The molecule has 0 fully saturated rings. The summed E-state index contributed by atoms with van der Waals surface area (Å²) >= 11 is 1.49. The first kappa shape index (κ1) is 20.5. The van der Waals surface area contributed by atoms with Crippen LogP contribution in [0.2, 0.25) is 0 Å². The summed E-state index contributed by atoms with van der Waals surface area (Å²) in [4.78, 5) is 23.1. The van der Waals surface area contributed by atoms with Crippen LogP contribution in [0.5, 0.6) is 0 Å². The number of carboxylic acid groups (broad SMARTS) is 1. The standard InChI is InChI=1S/C15H22N2O5S2/c1-11(10-14(18)19)16-15(20)13(8-9-23-2)17-24(21,22)12-6-4-3-5-7-12/h3-7,11,13,17H,8-10H2,1-2H3,(H,16,20)(H,18,19). The number of rotatable bonds is 10. The average Bonchev–Trinajstić information content (AvgIpc) is 2.51. The number of aliphatic carboxylic acids is 1. The Kier molecular flexibility index (Phi) is 8.23. The lowest BCUT2D eigenvalue weighted by Gasteiger charge is -2.20. The first-order valence-electron chi connectivity index (χ1n) is 7.34. The lowest BCUT2D eigenvalue weighted by Crippen LogP contribution is -2.49. The van der Waals surface area contributed by atoms with Crippen LogP contribution in [-0.4, -0.2) is 49.5 Å². The van der Waals surface area contributed by atoms with Crippen molar-refractivity contribution in [1.29, 1.82) is 0 Å². The summed E-state index contributed by atoms with van der Waals surface area (Å²) in [5.74, 6) is -0.978. The van der Waals surface area contributed by atoms with E-state index in [1.165, 1.54) is 23.9 Å². The molecule has 0 aromatic heterocycles. The molecular formula is C15H22N2O5S2. The van der Waals surface area contributed by atoms with Gasteiger partial charge in [0.1, 0.15) is 6.04 Å². The number of hydrogen-bond acceptors (Lipinski definition) is 5. The second-order valence-electron chi connectivity index (χ2n) is 5.28. The minimum Gasteiger partial charge on any atom is -0.481 e. The molecule has 0 radical (unpaired) electrons. The Hall–Kier alpha value is -1.58. The fraction of sp³-hybridized carbons (Fsp3) is 0.467. The van der Waals surface area contributed by atoms with E-state index >= 15 is 0 Å². The van der Waals surface area contributed by atoms with E-state index < -0.39 is 34.0 Å². The average molecular weight is 374 g/mol. The van der Waals surface area contributed by atoms with E-state index in [2.05, 4.69) is 10.0 Å². The highest BCUT2D eigenvalue weighted by Gasteiger charge is 2.26. The van der Waals surface area contributed by atoms with Crippen LogP contribution >= 0.6 is 11.8 Å². The van der Waals surface area contributed by atoms with Crippen LogP contribution < -0.4 is 10.0 Å². The molecule has 1 aromatic rings. The van der Waals surface area contributed by atoms with E-state index in [-0.39, 0.29) is 11.3 Å². The highest BCUT2D eigenvalue weighted by atomic mass is 32.2. The Labute approximate surface area is 146 Å². The summed E-state index contributed by atoms with van der Waals surface area (Å²) < 4.78 is 27.2. The number of carboxylic acids is 1. The molecule has 0 aliphatic carbocycles. The van der Waals surface area contributed by atoms with Crippen molar-refractivity contribution >= 4 is 33.7 Å². The monoisotopic (exact) mass is 374 g/mol. The zero-order chi connectivity index (χ0) is 18.2. The summed E-state index contributed by atoms with van der Waals surface area (Å²) in [5, 5.41) is 11.3. The van der Waals surface area contributed by atoms with Crippen molar-refractivity contribution in [3.63, 3.8) is 0 Å². The van der Waals surface area contributed by atoms with Crippen LogP contribution in [-0.2, 0) is 19.6 Å². The van der Waals surface area contributed by atoms with Crippen LogP contribution in [0.25, 0.3) is 0 Å². The van der Waals surface area contributed by atoms with Gasteiger partial charge in [-0.05, 0) is 37.5 Å². The van der Waals surface area contributed by atoms with Crippen LogP contribution in [0.1, 0.15) is 19.8 Å². The van der Waals surface area contributed by atoms with Crippen molar-refractivity contribution in [2.45, 2.75) is 36.7 Å². The SMILES string of the molecule is CSCCC(NS(=O)(=O)c1ccccc1)C(=O)NC(C)CC(=O)O. The molecule has 2 atom stereocenters. The Bertz CT molecular complexity index is 649. The van der Waals surface area contributed by atoms with Gasteiger partial charge in [-0.25, -0.2) is 8.42 Å². The molecule has 134 valence electrons. The number of thioether (sulfide) groups is 1. The number of hydrogen-bond donors (Lipinski definition) is 3. The fourth-order valence-corrected chi connectivity index (χ4v) is 3.71. The van der Waals surface area contributed by atoms with Crippen LogP contribution in [0.3, 0.4) is 0 Å². The maximum Gasteiger partial charge on any atom is 0.305 e. The van der Waals surface area contributed by atoms with E-state index in [4.69, 9.17) is 5.11 Å². The molecule has 9 heteroatoms. The van der Waals surface area contributed by atoms with E-state index in [9.17, 15) is 18.0 Å². The zero-order valence-electron chi connectivity index (χ0n) is 13.6. The van der Waals surface area contributed by atoms with Gasteiger partial charge in [-0.1, -0.05) is 18.2 Å². The fourth-order valence-electron chi connectivity index (χ4n) is 1.99. The Morgan fingerprint density at radius 2 is 1.88 bits per heavy atom. The molecule has 0 saturated carbocycles. The minimum absolute atomic E-state index is 0.0746. The molecule has 3 N–H and O–H groups in total. The second kappa shape index (κ2) is 9.65. The van der Waals surface area contributed by atoms with E-state index in [1.807, 2.05) is 6.26 Å². The quantitative estimate of drug-likeness (QED) is 0.565. The topological polar surface area (TPSA) is 113 Å². The van der Waals surface area contributed by atoms with Crippen molar-refractivity contribution in [2.75, 3.05) is 12.0 Å². The van der Waals surface area contributed by atoms with E-state index in [1.54, 1.807) is 25.1 Å². The number of amides is 1. The summed E-state index contributed by atoms with van der Waals surface area (Å²) in [6.45, 7) is 1.56. The summed E-state index contributed by atoms with van der Waals surface area (Å²) in [7, 11) is -3.83. The second-order valence-corrected chi connectivity index (χ2v) is 7.98. The Morgan fingerprint density at radius 1 is 1.25 bits per heavy atom. The highest BCUT2D eigenvalue weighted by Crippen LogP contribution is 2.11. The summed E-state index contributed by atoms with van der Waals surface area (Å²) in [6.07, 6.45) is 1.93. The van der Waals surface area contributed by atoms with Gasteiger partial charge in [0, 0.05) is 6.04 Å². The van der Waals surface area contributed by atoms with Gasteiger partial charge in [-0.2, -0.15) is 16.5 Å². The molecule has 7 nitrogen and oxygen atoms in total. The number of carbonyl (C=O) groups is 2. The molecule has 0 aliphatic rings. The molecule has 0 bridgehead atoms. The number of carbonyl (C=O) groups excluding carboxylic acids is 1. The molecule has 1 amide bonds. The largest absolute Gasteiger partial charge is 0.481 e. The van der Waals surface area contributed by atoms with Crippen molar-refractivity contribution in [2.24, 2.45) is 0 Å². The first-order chi connectivity index (χ1) is 11.3. The van der Waals surface area contributed by atoms with Gasteiger partial charge in [0.2, 0.25) is 15.9 Å². The van der Waals surface area contributed by atoms with Crippen LogP contribution in [0.4, 0.5) is 0 Å². The van der Waals surface area contributed by atoms with Gasteiger partial charge in [-0.15, -0.1) is 0 Å². The van der Waals surface area contributed by atoms with Gasteiger partial charge in [0.25, 0.3) is 0 Å². The van der Waals surface area contributed by atoms with Crippen LogP contribution in [0, 0.1) is 0 Å². The Balaban J connectivity index is 2.84. The molecule has 1 rings (SSSR count). The molecule has 0 saturated heterocycles. The van der Waals surface area contributed by atoms with Gasteiger partial charge in [0.05, 0.1) is 11.3 Å². The molecule has 0 spiro atoms. The molecule has 1 aromatic carbocycles. The maximum atomic E-state index is 12.4. The van der Waals surface area contributed by atoms with E-state index in [0.717, 1.165) is 0 Å². The van der Waals surface area contributed by atoms with Crippen LogP contribution in [0.15, 0.2) is 35.2 Å². The zero-order valence-corrected chi connectivity index (χ0v) is 15.2. The minimum atomic E-state index is -3.83. The highest BCUT2D eigenvalue weighted by molar-refractivity contribution is 7.98. The van der Waals surface area contributed by atoms with Gasteiger partial charge in [0.15, 0.2) is 0 Å². The van der Waals surface area contributed by atoms with Gasteiger partial charge in [-0.3, -0.25) is 9.59 Å². The van der Waals surface area contributed by atoms with Crippen molar-refractivity contribution in [3.05, 3.63) is 30.3 Å². The maximum absolute atomic E-state index is 12.4. The molecule has 24 heavy (non-hydrogen) atoms. The predicted molar refractivity (Wildman–Crippen MR) is 93.4 cm³/mol. The van der Waals surface area contributed by atoms with Crippen molar-refractivity contribution in [1.82, 2.24) is 10.0 Å². The smallest absolute Gasteiger partial charge is 0.305 e. The van der Waals surface area contributed by atoms with E-state index in [0.29, 0.717) is 12.2 Å². The van der Waals surface area contributed by atoms with Crippen molar-refractivity contribution in [3.8, 4) is 0 Å². The predicted octanol–water partition coefficient (Wildman–Crippen LogP) is 1.07. The molecule has 0 heterocycles. The summed E-state index contributed by atoms with van der Waals surface area (Å²) in [6, 6.07) is 6.23. The number of benzene rings is 1. The normalized spacial score (nSPS) is 13.9. The summed E-state index contributed by atoms with van der Waals surface area (Å²) in [5.41, 5.74) is 0. The third-order valence-corrected chi connectivity index (χ3v) is 5.28. The number of sulfonamides is 1. The third kappa shape index (κ3) is 6.90. The third-order valence-electron chi connectivity index (χ3n) is 3.15. The van der Waals surface area contributed by atoms with Crippen molar-refractivity contribution < 1.29 is 23.1 Å². The molecular weight excluding hydrogens is 352 g/mol. The Morgan fingerprint density at radius 3 is 2.42 bits per heavy atom.